The van der Waals surface area contributed by atoms with Crippen LogP contribution >= 0.6 is 0 Å². The van der Waals surface area contributed by atoms with E-state index in [1.54, 1.807) is 18.2 Å². The van der Waals surface area contributed by atoms with Gasteiger partial charge in [0.15, 0.2) is 0 Å². The zero-order valence-corrected chi connectivity index (χ0v) is 11.3. The summed E-state index contributed by atoms with van der Waals surface area (Å²) < 4.78 is 10.7. The zero-order valence-electron chi connectivity index (χ0n) is 11.3. The number of methoxy groups -OCH3 is 1. The van der Waals surface area contributed by atoms with E-state index in [1.807, 2.05) is 6.92 Å². The van der Waals surface area contributed by atoms with Crippen molar-refractivity contribution in [3.05, 3.63) is 23.8 Å². The molecule has 1 fully saturated rings. The Labute approximate surface area is 113 Å². The molecule has 0 bridgehead atoms. The monoisotopic (exact) mass is 264 g/mol. The van der Waals surface area contributed by atoms with Crippen molar-refractivity contribution >= 4 is 11.6 Å². The van der Waals surface area contributed by atoms with E-state index in [-0.39, 0.29) is 18.1 Å². The van der Waals surface area contributed by atoms with Gasteiger partial charge < -0.3 is 20.5 Å². The number of benzene rings is 1. The Kier molecular flexibility index (Phi) is 4.27. The first-order valence-electron chi connectivity index (χ1n) is 6.46. The van der Waals surface area contributed by atoms with Crippen molar-refractivity contribution in [1.82, 2.24) is 5.32 Å². The Balaban J connectivity index is 2.07. The highest BCUT2D eigenvalue weighted by Crippen LogP contribution is 2.22. The first kappa shape index (κ1) is 13.7. The Morgan fingerprint density at radius 3 is 3.00 bits per heavy atom. The number of nitrogens with one attached hydrogen (secondary N) is 1. The van der Waals surface area contributed by atoms with Gasteiger partial charge in [0.25, 0.3) is 5.91 Å². The molecule has 0 radical (unpaired) electrons. The molecule has 2 atom stereocenters. The quantitative estimate of drug-likeness (QED) is 0.813. The number of hydrogen-bond acceptors (Lipinski definition) is 4. The minimum atomic E-state index is -0.129. The molecule has 0 aliphatic carbocycles. The highest BCUT2D eigenvalue weighted by molar-refractivity contribution is 5.97. The second-order valence-electron chi connectivity index (χ2n) is 4.84. The molecular formula is C14H20N2O3. The van der Waals surface area contributed by atoms with E-state index in [0.717, 1.165) is 12.8 Å². The van der Waals surface area contributed by atoms with E-state index in [1.165, 1.54) is 7.11 Å². The molecule has 1 heterocycles. The molecule has 3 N–H and O–H groups in total. The maximum atomic E-state index is 12.2. The summed E-state index contributed by atoms with van der Waals surface area (Å²) in [4.78, 5) is 12.2. The van der Waals surface area contributed by atoms with E-state index < -0.39 is 0 Å². The normalized spacial score (nSPS) is 22.8. The Morgan fingerprint density at radius 1 is 1.53 bits per heavy atom. The number of nitrogen functional groups attached to an aromatic ring is 1. The molecule has 2 rings (SSSR count). The maximum Gasteiger partial charge on any atom is 0.255 e. The number of anilines is 1. The largest absolute Gasteiger partial charge is 0.496 e. The van der Waals surface area contributed by atoms with E-state index >= 15 is 0 Å². The van der Waals surface area contributed by atoms with Crippen molar-refractivity contribution in [2.75, 3.05) is 19.5 Å². The molecule has 1 amide bonds. The molecule has 1 aromatic rings. The number of amides is 1. The van der Waals surface area contributed by atoms with Gasteiger partial charge in [-0.15, -0.1) is 0 Å². The summed E-state index contributed by atoms with van der Waals surface area (Å²) in [5, 5.41) is 3.02. The molecule has 1 aliphatic heterocycles. The van der Waals surface area contributed by atoms with Crippen LogP contribution in [0.4, 0.5) is 5.69 Å². The summed E-state index contributed by atoms with van der Waals surface area (Å²) >= 11 is 0. The molecule has 1 aromatic carbocycles. The van der Waals surface area contributed by atoms with Crippen molar-refractivity contribution in [2.45, 2.75) is 31.9 Å². The fourth-order valence-corrected chi connectivity index (χ4v) is 2.29. The fourth-order valence-electron chi connectivity index (χ4n) is 2.29. The van der Waals surface area contributed by atoms with Crippen molar-refractivity contribution in [2.24, 2.45) is 0 Å². The van der Waals surface area contributed by atoms with Crippen LogP contribution in [0, 0.1) is 0 Å². The Bertz CT molecular complexity index is 462. The number of rotatable bonds is 3. The molecule has 0 spiro atoms. The molecule has 2 unspecified atom stereocenters. The van der Waals surface area contributed by atoms with Gasteiger partial charge in [0.05, 0.1) is 18.8 Å². The summed E-state index contributed by atoms with van der Waals surface area (Å²) in [5.41, 5.74) is 6.76. The molecule has 19 heavy (non-hydrogen) atoms. The average Bonchev–Trinajstić information content (AvgIpc) is 2.38. The van der Waals surface area contributed by atoms with Gasteiger partial charge in [0.2, 0.25) is 0 Å². The van der Waals surface area contributed by atoms with E-state index in [2.05, 4.69) is 5.32 Å². The lowest BCUT2D eigenvalue weighted by Gasteiger charge is -2.28. The predicted octanol–water partition coefficient (Wildman–Crippen LogP) is 1.57. The number of carbonyl (C=O) groups is 1. The summed E-state index contributed by atoms with van der Waals surface area (Å²) in [5.74, 6) is 0.369. The molecular weight excluding hydrogens is 244 g/mol. The van der Waals surface area contributed by atoms with E-state index in [4.69, 9.17) is 15.2 Å². The van der Waals surface area contributed by atoms with Gasteiger partial charge in [-0.1, -0.05) is 0 Å². The highest BCUT2D eigenvalue weighted by atomic mass is 16.5. The van der Waals surface area contributed by atoms with Crippen molar-refractivity contribution in [3.63, 3.8) is 0 Å². The number of carbonyl (C=O) groups excluding carboxylic acids is 1. The standard InChI is InChI=1S/C14H20N2O3/c1-9-7-11(5-6-19-9)16-14(17)12-4-3-10(15)8-13(12)18-2/h3-4,8-9,11H,5-7,15H2,1-2H3,(H,16,17). The van der Waals surface area contributed by atoms with Gasteiger partial charge in [-0.25, -0.2) is 0 Å². The highest BCUT2D eigenvalue weighted by Gasteiger charge is 2.22. The minimum absolute atomic E-state index is 0.129. The summed E-state index contributed by atoms with van der Waals surface area (Å²) in [6, 6.07) is 5.19. The van der Waals surface area contributed by atoms with Crippen LogP contribution in [0.15, 0.2) is 18.2 Å². The van der Waals surface area contributed by atoms with Gasteiger partial charge in [-0.2, -0.15) is 0 Å². The van der Waals surface area contributed by atoms with Crippen LogP contribution in [0.1, 0.15) is 30.1 Å². The van der Waals surface area contributed by atoms with Gasteiger partial charge in [-0.3, -0.25) is 4.79 Å². The van der Waals surface area contributed by atoms with Crippen LogP contribution in [0.2, 0.25) is 0 Å². The second kappa shape index (κ2) is 5.93. The molecule has 0 aromatic heterocycles. The number of ether oxygens (including phenoxy) is 2. The summed E-state index contributed by atoms with van der Waals surface area (Å²) in [6.45, 7) is 2.70. The van der Waals surface area contributed by atoms with Crippen molar-refractivity contribution in [3.8, 4) is 5.75 Å². The lowest BCUT2D eigenvalue weighted by atomic mass is 10.0. The smallest absolute Gasteiger partial charge is 0.255 e. The van der Waals surface area contributed by atoms with Gasteiger partial charge in [-0.05, 0) is 31.9 Å². The first-order valence-corrected chi connectivity index (χ1v) is 6.46. The van der Waals surface area contributed by atoms with Gasteiger partial charge in [0.1, 0.15) is 5.75 Å². The minimum Gasteiger partial charge on any atom is -0.496 e. The number of hydrogen-bond donors (Lipinski definition) is 2. The first-order chi connectivity index (χ1) is 9.10. The Morgan fingerprint density at radius 2 is 2.32 bits per heavy atom. The molecule has 5 heteroatoms. The second-order valence-corrected chi connectivity index (χ2v) is 4.84. The third kappa shape index (κ3) is 3.38. The summed E-state index contributed by atoms with van der Waals surface area (Å²) in [7, 11) is 1.53. The van der Waals surface area contributed by atoms with Crippen LogP contribution < -0.4 is 15.8 Å². The lowest BCUT2D eigenvalue weighted by molar-refractivity contribution is 0.0136. The van der Waals surface area contributed by atoms with Crippen LogP contribution in [0.5, 0.6) is 5.75 Å². The zero-order chi connectivity index (χ0) is 13.8. The third-order valence-corrected chi connectivity index (χ3v) is 3.29. The molecule has 5 nitrogen and oxygen atoms in total. The fraction of sp³-hybridized carbons (Fsp3) is 0.500. The van der Waals surface area contributed by atoms with Crippen molar-refractivity contribution in [1.29, 1.82) is 0 Å². The third-order valence-electron chi connectivity index (χ3n) is 3.29. The number of nitrogens with two attached hydrogens (primary N) is 1. The molecule has 1 saturated heterocycles. The van der Waals surface area contributed by atoms with Crippen molar-refractivity contribution < 1.29 is 14.3 Å². The average molecular weight is 264 g/mol. The molecule has 0 saturated carbocycles. The lowest BCUT2D eigenvalue weighted by Crippen LogP contribution is -2.41. The van der Waals surface area contributed by atoms with Crippen LogP contribution in [0.25, 0.3) is 0 Å². The van der Waals surface area contributed by atoms with E-state index in [9.17, 15) is 4.79 Å². The predicted molar refractivity (Wildman–Crippen MR) is 73.3 cm³/mol. The molecule has 104 valence electrons. The van der Waals surface area contributed by atoms with Gasteiger partial charge >= 0.3 is 0 Å². The topological polar surface area (TPSA) is 73.6 Å². The van der Waals surface area contributed by atoms with Crippen LogP contribution in [0.3, 0.4) is 0 Å². The molecule has 1 aliphatic rings. The van der Waals surface area contributed by atoms with Gasteiger partial charge in [0, 0.05) is 24.4 Å². The maximum absolute atomic E-state index is 12.2. The Hall–Kier alpha value is -1.75. The van der Waals surface area contributed by atoms with Crippen LogP contribution in [-0.4, -0.2) is 31.8 Å². The summed E-state index contributed by atoms with van der Waals surface area (Å²) in [6.07, 6.45) is 1.86. The van der Waals surface area contributed by atoms with E-state index in [0.29, 0.717) is 23.6 Å². The SMILES string of the molecule is COc1cc(N)ccc1C(=O)NC1CCOC(C)C1. The van der Waals surface area contributed by atoms with Crippen LogP contribution in [-0.2, 0) is 4.74 Å².